The van der Waals surface area contributed by atoms with Crippen molar-refractivity contribution in [1.82, 2.24) is 0 Å². The van der Waals surface area contributed by atoms with E-state index < -0.39 is 15.8 Å². The maximum absolute atomic E-state index is 11.9. The van der Waals surface area contributed by atoms with Gasteiger partial charge in [0.1, 0.15) is 0 Å². The Labute approximate surface area is 139 Å². The zero-order valence-corrected chi connectivity index (χ0v) is 14.2. The van der Waals surface area contributed by atoms with Crippen LogP contribution in [-0.2, 0) is 25.8 Å². The highest BCUT2D eigenvalue weighted by molar-refractivity contribution is 8.02. The average Bonchev–Trinajstić information content (AvgIpc) is 2.84. The standard InChI is InChI=1S/C15H19NO5S2/c17-14(9-22-13-7-8-23(20,21)10-13)16-12-4-1-11(2-5-12)3-6-15(18)19/h1-2,4-5,13H,3,6-10H2,(H,16,17)(H,18,19). The molecule has 1 saturated heterocycles. The fourth-order valence-corrected chi connectivity index (χ4v) is 5.73. The zero-order chi connectivity index (χ0) is 16.9. The summed E-state index contributed by atoms with van der Waals surface area (Å²) in [7, 11) is -2.91. The van der Waals surface area contributed by atoms with Crippen LogP contribution in [0.2, 0.25) is 0 Å². The summed E-state index contributed by atoms with van der Waals surface area (Å²) in [6.45, 7) is 0. The summed E-state index contributed by atoms with van der Waals surface area (Å²) in [5.74, 6) is -0.417. The highest BCUT2D eigenvalue weighted by Crippen LogP contribution is 2.24. The Morgan fingerprint density at radius 1 is 1.26 bits per heavy atom. The number of carboxylic acids is 1. The molecule has 1 unspecified atom stereocenters. The van der Waals surface area contributed by atoms with Gasteiger partial charge in [-0.15, -0.1) is 11.8 Å². The summed E-state index contributed by atoms with van der Waals surface area (Å²) in [6, 6.07) is 7.05. The molecule has 1 aromatic carbocycles. The van der Waals surface area contributed by atoms with Gasteiger partial charge in [0.05, 0.1) is 17.3 Å². The molecule has 0 bridgehead atoms. The van der Waals surface area contributed by atoms with Crippen molar-refractivity contribution in [2.45, 2.75) is 24.5 Å². The van der Waals surface area contributed by atoms with Crippen LogP contribution in [0.15, 0.2) is 24.3 Å². The highest BCUT2D eigenvalue weighted by Gasteiger charge is 2.28. The first kappa shape index (κ1) is 17.8. The van der Waals surface area contributed by atoms with E-state index in [0.717, 1.165) is 5.56 Å². The molecule has 0 aliphatic carbocycles. The van der Waals surface area contributed by atoms with Gasteiger partial charge in [-0.3, -0.25) is 9.59 Å². The third kappa shape index (κ3) is 6.23. The molecule has 0 aromatic heterocycles. The van der Waals surface area contributed by atoms with E-state index >= 15 is 0 Å². The van der Waals surface area contributed by atoms with Gasteiger partial charge in [0.2, 0.25) is 5.91 Å². The summed E-state index contributed by atoms with van der Waals surface area (Å²) < 4.78 is 22.7. The predicted molar refractivity (Wildman–Crippen MR) is 90.5 cm³/mol. The van der Waals surface area contributed by atoms with Gasteiger partial charge in [0, 0.05) is 17.4 Å². The Morgan fingerprint density at radius 2 is 1.96 bits per heavy atom. The van der Waals surface area contributed by atoms with Crippen LogP contribution in [0.1, 0.15) is 18.4 Å². The summed E-state index contributed by atoms with van der Waals surface area (Å²) >= 11 is 1.37. The molecule has 1 heterocycles. The summed E-state index contributed by atoms with van der Waals surface area (Å²) in [5.41, 5.74) is 1.55. The molecule has 126 valence electrons. The van der Waals surface area contributed by atoms with E-state index in [2.05, 4.69) is 5.32 Å². The Bertz CT molecular complexity index is 670. The van der Waals surface area contributed by atoms with E-state index in [1.54, 1.807) is 24.3 Å². The average molecular weight is 357 g/mol. The van der Waals surface area contributed by atoms with Crippen LogP contribution in [-0.4, -0.2) is 47.9 Å². The van der Waals surface area contributed by atoms with Crippen LogP contribution in [0.5, 0.6) is 0 Å². The van der Waals surface area contributed by atoms with Crippen molar-refractivity contribution in [2.75, 3.05) is 22.6 Å². The largest absolute Gasteiger partial charge is 0.481 e. The van der Waals surface area contributed by atoms with E-state index in [1.165, 1.54) is 11.8 Å². The van der Waals surface area contributed by atoms with E-state index in [4.69, 9.17) is 5.11 Å². The molecular weight excluding hydrogens is 338 g/mol. The lowest BCUT2D eigenvalue weighted by Gasteiger charge is -2.09. The zero-order valence-electron chi connectivity index (χ0n) is 12.5. The number of aliphatic carboxylic acids is 1. The van der Waals surface area contributed by atoms with Crippen molar-refractivity contribution in [3.8, 4) is 0 Å². The van der Waals surface area contributed by atoms with Gasteiger partial charge in [-0.05, 0) is 30.5 Å². The lowest BCUT2D eigenvalue weighted by atomic mass is 10.1. The SMILES string of the molecule is O=C(O)CCc1ccc(NC(=O)CSC2CCS(=O)(=O)C2)cc1. The van der Waals surface area contributed by atoms with Crippen LogP contribution in [0.25, 0.3) is 0 Å². The topological polar surface area (TPSA) is 101 Å². The molecule has 0 spiro atoms. The van der Waals surface area contributed by atoms with Gasteiger partial charge >= 0.3 is 5.97 Å². The number of carboxylic acid groups (broad SMARTS) is 1. The second-order valence-electron chi connectivity index (χ2n) is 5.47. The molecule has 0 radical (unpaired) electrons. The number of benzene rings is 1. The van der Waals surface area contributed by atoms with Crippen LogP contribution in [0.3, 0.4) is 0 Å². The van der Waals surface area contributed by atoms with Gasteiger partial charge in [-0.25, -0.2) is 8.42 Å². The number of carbonyl (C=O) groups is 2. The van der Waals surface area contributed by atoms with Crippen molar-refractivity contribution >= 4 is 39.2 Å². The molecule has 1 atom stereocenters. The first-order valence-corrected chi connectivity index (χ1v) is 10.1. The van der Waals surface area contributed by atoms with Crippen molar-refractivity contribution in [1.29, 1.82) is 0 Å². The summed E-state index contributed by atoms with van der Waals surface area (Å²) in [4.78, 5) is 22.4. The van der Waals surface area contributed by atoms with Crippen LogP contribution < -0.4 is 5.32 Å². The molecule has 23 heavy (non-hydrogen) atoms. The smallest absolute Gasteiger partial charge is 0.303 e. The number of amides is 1. The maximum Gasteiger partial charge on any atom is 0.303 e. The molecule has 1 aliphatic heterocycles. The lowest BCUT2D eigenvalue weighted by molar-refractivity contribution is -0.137. The van der Waals surface area contributed by atoms with Crippen molar-refractivity contribution in [3.05, 3.63) is 29.8 Å². The molecule has 1 aromatic rings. The number of aryl methyl sites for hydroxylation is 1. The molecule has 2 N–H and O–H groups in total. The quantitative estimate of drug-likeness (QED) is 0.768. The number of hydrogen-bond acceptors (Lipinski definition) is 5. The van der Waals surface area contributed by atoms with E-state index in [0.29, 0.717) is 18.5 Å². The van der Waals surface area contributed by atoms with Crippen LogP contribution in [0, 0.1) is 0 Å². The van der Waals surface area contributed by atoms with Gasteiger partial charge in [0.25, 0.3) is 0 Å². The number of thioether (sulfide) groups is 1. The maximum atomic E-state index is 11.9. The normalized spacial score (nSPS) is 19.4. The van der Waals surface area contributed by atoms with E-state index in [-0.39, 0.29) is 34.8 Å². The fraction of sp³-hybridized carbons (Fsp3) is 0.467. The van der Waals surface area contributed by atoms with Crippen molar-refractivity contribution in [3.63, 3.8) is 0 Å². The minimum absolute atomic E-state index is 0.00384. The fourth-order valence-electron chi connectivity index (χ4n) is 2.29. The minimum atomic E-state index is -2.91. The number of rotatable bonds is 7. The second-order valence-corrected chi connectivity index (χ2v) is 8.99. The predicted octanol–water partition coefficient (Wildman–Crippen LogP) is 1.56. The van der Waals surface area contributed by atoms with Gasteiger partial charge < -0.3 is 10.4 Å². The van der Waals surface area contributed by atoms with E-state index in [9.17, 15) is 18.0 Å². The lowest BCUT2D eigenvalue weighted by Crippen LogP contribution is -2.17. The molecule has 8 heteroatoms. The number of sulfone groups is 1. The third-order valence-electron chi connectivity index (χ3n) is 3.51. The Morgan fingerprint density at radius 3 is 2.52 bits per heavy atom. The summed E-state index contributed by atoms with van der Waals surface area (Å²) in [5, 5.41) is 11.4. The molecule has 1 aliphatic rings. The van der Waals surface area contributed by atoms with Crippen LogP contribution in [0.4, 0.5) is 5.69 Å². The van der Waals surface area contributed by atoms with Gasteiger partial charge in [0.15, 0.2) is 9.84 Å². The number of hydrogen-bond donors (Lipinski definition) is 2. The molecule has 1 amide bonds. The molecule has 1 fully saturated rings. The third-order valence-corrected chi connectivity index (χ3v) is 6.79. The molecular formula is C15H19NO5S2. The first-order valence-electron chi connectivity index (χ1n) is 7.27. The van der Waals surface area contributed by atoms with Crippen molar-refractivity contribution in [2.24, 2.45) is 0 Å². The van der Waals surface area contributed by atoms with Crippen LogP contribution >= 0.6 is 11.8 Å². The van der Waals surface area contributed by atoms with Gasteiger partial charge in [-0.1, -0.05) is 12.1 Å². The molecule has 6 nitrogen and oxygen atoms in total. The number of carbonyl (C=O) groups excluding carboxylic acids is 1. The first-order chi connectivity index (χ1) is 10.8. The van der Waals surface area contributed by atoms with Crippen molar-refractivity contribution < 1.29 is 23.1 Å². The van der Waals surface area contributed by atoms with E-state index in [1.807, 2.05) is 0 Å². The number of anilines is 1. The molecule has 0 saturated carbocycles. The Balaban J connectivity index is 1.75. The Hall–Kier alpha value is -1.54. The summed E-state index contributed by atoms with van der Waals surface area (Å²) in [6.07, 6.45) is 1.14. The highest BCUT2D eigenvalue weighted by atomic mass is 32.2. The monoisotopic (exact) mass is 357 g/mol. The minimum Gasteiger partial charge on any atom is -0.481 e. The molecule has 2 rings (SSSR count). The van der Waals surface area contributed by atoms with Gasteiger partial charge in [-0.2, -0.15) is 0 Å². The second kappa shape index (κ2) is 7.83. The number of nitrogens with one attached hydrogen (secondary N) is 1. The Kier molecular flexibility index (Phi) is 6.06.